The van der Waals surface area contributed by atoms with Crippen molar-refractivity contribution in [3.8, 4) is 0 Å². The molecular formula is C13H12ClFN2O2S2. The molecule has 0 spiro atoms. The number of thioether (sulfide) groups is 1. The smallest absolute Gasteiger partial charge is 0.263 e. The highest BCUT2D eigenvalue weighted by atomic mass is 35.5. The van der Waals surface area contributed by atoms with Crippen LogP contribution in [0.5, 0.6) is 0 Å². The first-order chi connectivity index (χ1) is 9.85. The SMILES string of the molecule is CSc1ccccc1NS(=O)(=O)c1cc(N)c(F)cc1Cl. The van der Waals surface area contributed by atoms with Crippen LogP contribution >= 0.6 is 23.4 Å². The van der Waals surface area contributed by atoms with Crippen molar-refractivity contribution in [2.45, 2.75) is 9.79 Å². The van der Waals surface area contributed by atoms with E-state index in [-0.39, 0.29) is 15.6 Å². The zero-order valence-electron chi connectivity index (χ0n) is 10.9. The van der Waals surface area contributed by atoms with Crippen molar-refractivity contribution in [2.24, 2.45) is 0 Å². The van der Waals surface area contributed by atoms with E-state index in [9.17, 15) is 12.8 Å². The van der Waals surface area contributed by atoms with Gasteiger partial charge in [-0.2, -0.15) is 0 Å². The molecule has 2 aromatic rings. The van der Waals surface area contributed by atoms with Gasteiger partial charge < -0.3 is 5.73 Å². The number of nitrogen functional groups attached to an aromatic ring is 1. The van der Waals surface area contributed by atoms with E-state index in [1.165, 1.54) is 11.8 Å². The molecule has 8 heteroatoms. The van der Waals surface area contributed by atoms with Gasteiger partial charge in [-0.25, -0.2) is 12.8 Å². The van der Waals surface area contributed by atoms with Crippen molar-refractivity contribution in [2.75, 3.05) is 16.7 Å². The normalized spacial score (nSPS) is 11.4. The number of hydrogen-bond donors (Lipinski definition) is 2. The third-order valence-corrected chi connectivity index (χ3v) is 5.32. The van der Waals surface area contributed by atoms with Crippen LogP contribution in [0.1, 0.15) is 0 Å². The van der Waals surface area contributed by atoms with Crippen LogP contribution in [-0.4, -0.2) is 14.7 Å². The van der Waals surface area contributed by atoms with Crippen LogP contribution in [-0.2, 0) is 10.0 Å². The number of halogens is 2. The predicted molar refractivity (Wildman–Crippen MR) is 84.9 cm³/mol. The van der Waals surface area contributed by atoms with Crippen molar-refractivity contribution < 1.29 is 12.8 Å². The number of nitrogens with two attached hydrogens (primary N) is 1. The molecule has 0 aromatic heterocycles. The topological polar surface area (TPSA) is 72.2 Å². The molecular weight excluding hydrogens is 335 g/mol. The minimum atomic E-state index is -3.96. The van der Waals surface area contributed by atoms with Gasteiger partial charge in [-0.05, 0) is 30.5 Å². The summed E-state index contributed by atoms with van der Waals surface area (Å²) in [6.45, 7) is 0. The summed E-state index contributed by atoms with van der Waals surface area (Å²) in [7, 11) is -3.96. The zero-order valence-corrected chi connectivity index (χ0v) is 13.3. The van der Waals surface area contributed by atoms with E-state index in [1.54, 1.807) is 24.3 Å². The van der Waals surface area contributed by atoms with Crippen molar-refractivity contribution in [3.05, 3.63) is 47.2 Å². The monoisotopic (exact) mass is 346 g/mol. The summed E-state index contributed by atoms with van der Waals surface area (Å²) in [5.41, 5.74) is 5.55. The molecule has 0 saturated carbocycles. The Kier molecular flexibility index (Phi) is 4.65. The van der Waals surface area contributed by atoms with Gasteiger partial charge in [0.15, 0.2) is 0 Å². The Bertz CT molecular complexity index is 782. The second-order valence-electron chi connectivity index (χ2n) is 4.11. The molecule has 0 fully saturated rings. The highest BCUT2D eigenvalue weighted by Crippen LogP contribution is 2.31. The number of nitrogens with one attached hydrogen (secondary N) is 1. The largest absolute Gasteiger partial charge is 0.396 e. The molecule has 3 N–H and O–H groups in total. The summed E-state index contributed by atoms with van der Waals surface area (Å²) in [5.74, 6) is -0.761. The minimum Gasteiger partial charge on any atom is -0.396 e. The second kappa shape index (κ2) is 6.13. The third-order valence-electron chi connectivity index (χ3n) is 2.69. The fourth-order valence-electron chi connectivity index (χ4n) is 1.68. The molecule has 0 amide bonds. The van der Waals surface area contributed by atoms with E-state index < -0.39 is 15.8 Å². The van der Waals surface area contributed by atoms with E-state index in [0.29, 0.717) is 5.69 Å². The van der Waals surface area contributed by atoms with Crippen molar-refractivity contribution in [3.63, 3.8) is 0 Å². The third kappa shape index (κ3) is 3.42. The minimum absolute atomic E-state index is 0.226. The molecule has 0 bridgehead atoms. The molecule has 21 heavy (non-hydrogen) atoms. The molecule has 2 rings (SSSR count). The standard InChI is InChI=1S/C13H12ClFN2O2S2/c1-20-12-5-3-2-4-11(12)17-21(18,19)13-7-10(16)9(15)6-8(13)14/h2-7,17H,16H2,1H3. The highest BCUT2D eigenvalue weighted by Gasteiger charge is 2.21. The fraction of sp³-hybridized carbons (Fsp3) is 0.0769. The van der Waals surface area contributed by atoms with Crippen molar-refractivity contribution in [1.29, 1.82) is 0 Å². The first-order valence-corrected chi connectivity index (χ1v) is 8.84. The number of benzene rings is 2. The summed E-state index contributed by atoms with van der Waals surface area (Å²) in [5, 5.41) is -0.226. The fourth-order valence-corrected chi connectivity index (χ4v) is 3.93. The maximum absolute atomic E-state index is 13.3. The zero-order chi connectivity index (χ0) is 15.6. The summed E-state index contributed by atoms with van der Waals surface area (Å²) in [6.07, 6.45) is 1.83. The van der Waals surface area contributed by atoms with E-state index in [1.807, 2.05) is 6.26 Å². The molecule has 2 aromatic carbocycles. The lowest BCUT2D eigenvalue weighted by Gasteiger charge is -2.12. The quantitative estimate of drug-likeness (QED) is 0.655. The lowest BCUT2D eigenvalue weighted by molar-refractivity contribution is 0.600. The maximum atomic E-state index is 13.3. The van der Waals surface area contributed by atoms with Gasteiger partial charge in [-0.1, -0.05) is 23.7 Å². The van der Waals surface area contributed by atoms with Gasteiger partial charge in [0.2, 0.25) is 0 Å². The molecule has 0 saturated heterocycles. The predicted octanol–water partition coefficient (Wildman–Crippen LogP) is 3.58. The Morgan fingerprint density at radius 3 is 2.62 bits per heavy atom. The van der Waals surface area contributed by atoms with Gasteiger partial charge in [0.05, 0.1) is 16.4 Å². The van der Waals surface area contributed by atoms with E-state index in [4.69, 9.17) is 17.3 Å². The van der Waals surface area contributed by atoms with E-state index in [2.05, 4.69) is 4.72 Å². The molecule has 0 radical (unpaired) electrons. The van der Waals surface area contributed by atoms with Crippen LogP contribution in [0.4, 0.5) is 15.8 Å². The van der Waals surface area contributed by atoms with Crippen molar-refractivity contribution in [1.82, 2.24) is 0 Å². The lowest BCUT2D eigenvalue weighted by Crippen LogP contribution is -2.14. The van der Waals surface area contributed by atoms with Crippen LogP contribution in [0.25, 0.3) is 0 Å². The maximum Gasteiger partial charge on any atom is 0.263 e. The Morgan fingerprint density at radius 1 is 1.29 bits per heavy atom. The summed E-state index contributed by atoms with van der Waals surface area (Å²) >= 11 is 7.20. The highest BCUT2D eigenvalue weighted by molar-refractivity contribution is 7.99. The second-order valence-corrected chi connectivity index (χ2v) is 7.02. The molecule has 0 aliphatic rings. The Hall–Kier alpha value is -1.44. The number of anilines is 2. The van der Waals surface area contributed by atoms with Crippen LogP contribution in [0.2, 0.25) is 5.02 Å². The Balaban J connectivity index is 2.46. The molecule has 112 valence electrons. The molecule has 0 atom stereocenters. The first kappa shape index (κ1) is 15.9. The molecule has 0 heterocycles. The number of hydrogen-bond acceptors (Lipinski definition) is 4. The summed E-state index contributed by atoms with van der Waals surface area (Å²) in [4.78, 5) is 0.492. The van der Waals surface area contributed by atoms with Gasteiger partial charge in [0, 0.05) is 4.90 Å². The van der Waals surface area contributed by atoms with Gasteiger partial charge in [-0.15, -0.1) is 11.8 Å². The molecule has 4 nitrogen and oxygen atoms in total. The van der Waals surface area contributed by atoms with Gasteiger partial charge in [-0.3, -0.25) is 4.72 Å². The number of para-hydroxylation sites is 1. The van der Waals surface area contributed by atoms with Crippen LogP contribution in [0.15, 0.2) is 46.2 Å². The number of sulfonamides is 1. The Morgan fingerprint density at radius 2 is 1.95 bits per heavy atom. The lowest BCUT2D eigenvalue weighted by atomic mass is 10.3. The van der Waals surface area contributed by atoms with E-state index >= 15 is 0 Å². The molecule has 0 aliphatic heterocycles. The first-order valence-electron chi connectivity index (χ1n) is 5.75. The van der Waals surface area contributed by atoms with Crippen LogP contribution in [0.3, 0.4) is 0 Å². The van der Waals surface area contributed by atoms with Gasteiger partial charge in [0.1, 0.15) is 10.7 Å². The molecule has 0 unspecified atom stereocenters. The average molecular weight is 347 g/mol. The average Bonchev–Trinajstić information content (AvgIpc) is 2.43. The van der Waals surface area contributed by atoms with Crippen LogP contribution < -0.4 is 10.5 Å². The molecule has 0 aliphatic carbocycles. The Labute approximate surface area is 131 Å². The number of rotatable bonds is 4. The van der Waals surface area contributed by atoms with Gasteiger partial charge in [0.25, 0.3) is 10.0 Å². The van der Waals surface area contributed by atoms with Crippen LogP contribution in [0, 0.1) is 5.82 Å². The van der Waals surface area contributed by atoms with Gasteiger partial charge >= 0.3 is 0 Å². The summed E-state index contributed by atoms with van der Waals surface area (Å²) < 4.78 is 40.4. The van der Waals surface area contributed by atoms with E-state index in [0.717, 1.165) is 17.0 Å². The van der Waals surface area contributed by atoms with Crippen molar-refractivity contribution >= 4 is 44.8 Å². The summed E-state index contributed by atoms with van der Waals surface area (Å²) in [6, 6.07) is 8.80.